The highest BCUT2D eigenvalue weighted by Gasteiger charge is 2.39. The second-order valence-electron chi connectivity index (χ2n) is 3.49. The van der Waals surface area contributed by atoms with E-state index in [2.05, 4.69) is 9.97 Å². The average Bonchev–Trinajstić information content (AvgIpc) is 2.74. The van der Waals surface area contributed by atoms with Crippen LogP contribution in [-0.4, -0.2) is 21.0 Å². The summed E-state index contributed by atoms with van der Waals surface area (Å²) in [7, 11) is 0. The lowest BCUT2D eigenvalue weighted by Gasteiger charge is -2.09. The Kier molecular flexibility index (Phi) is 2.82. The number of H-pyrrole nitrogens is 1. The molecule has 0 atom stereocenters. The van der Waals surface area contributed by atoms with Crippen LogP contribution in [0.2, 0.25) is 0 Å². The van der Waals surface area contributed by atoms with Gasteiger partial charge >= 0.3 is 12.1 Å². The van der Waals surface area contributed by atoms with E-state index < -0.39 is 23.4 Å². The van der Waals surface area contributed by atoms with E-state index in [0.29, 0.717) is 0 Å². The minimum Gasteiger partial charge on any atom is -0.477 e. The van der Waals surface area contributed by atoms with E-state index in [4.69, 9.17) is 5.11 Å². The number of carboxylic acids is 1. The van der Waals surface area contributed by atoms with Gasteiger partial charge in [0.25, 0.3) is 0 Å². The maximum Gasteiger partial charge on any atom is 0.419 e. The topological polar surface area (TPSA) is 66.0 Å². The number of hydrogen-bond acceptors (Lipinski definition) is 2. The lowest BCUT2D eigenvalue weighted by Crippen LogP contribution is -2.12. The van der Waals surface area contributed by atoms with Crippen LogP contribution in [0.15, 0.2) is 30.7 Å². The molecular formula is C11H7F3N2O2. The van der Waals surface area contributed by atoms with Crippen LogP contribution in [0.4, 0.5) is 13.2 Å². The van der Waals surface area contributed by atoms with Gasteiger partial charge in [0.1, 0.15) is 5.69 Å². The van der Waals surface area contributed by atoms with Crippen LogP contribution in [0.25, 0.3) is 11.1 Å². The van der Waals surface area contributed by atoms with Gasteiger partial charge in [-0.15, -0.1) is 0 Å². The number of nitrogens with zero attached hydrogens (tertiary/aromatic N) is 1. The smallest absolute Gasteiger partial charge is 0.419 e. The fraction of sp³-hybridized carbons (Fsp3) is 0.0909. The molecular weight excluding hydrogens is 249 g/mol. The van der Waals surface area contributed by atoms with Gasteiger partial charge in [0.2, 0.25) is 0 Å². The van der Waals surface area contributed by atoms with Gasteiger partial charge in [-0.3, -0.25) is 4.98 Å². The van der Waals surface area contributed by atoms with Crippen LogP contribution >= 0.6 is 0 Å². The first-order valence-corrected chi connectivity index (χ1v) is 4.83. The second-order valence-corrected chi connectivity index (χ2v) is 3.49. The normalized spacial score (nSPS) is 11.5. The molecule has 2 heterocycles. The zero-order valence-corrected chi connectivity index (χ0v) is 8.82. The molecule has 0 aromatic carbocycles. The first-order chi connectivity index (χ1) is 8.41. The van der Waals surface area contributed by atoms with Crippen LogP contribution in [0.3, 0.4) is 0 Å². The molecule has 18 heavy (non-hydrogen) atoms. The summed E-state index contributed by atoms with van der Waals surface area (Å²) < 4.78 is 38.7. The molecule has 2 N–H and O–H groups in total. The molecule has 2 rings (SSSR count). The first-order valence-electron chi connectivity index (χ1n) is 4.83. The van der Waals surface area contributed by atoms with Crippen molar-refractivity contribution in [2.75, 3.05) is 0 Å². The summed E-state index contributed by atoms with van der Waals surface area (Å²) in [6.07, 6.45) is -1.04. The Morgan fingerprint density at radius 2 is 1.89 bits per heavy atom. The van der Waals surface area contributed by atoms with Crippen molar-refractivity contribution in [3.05, 3.63) is 42.0 Å². The number of carboxylic acid groups (broad SMARTS) is 1. The zero-order valence-electron chi connectivity index (χ0n) is 8.82. The van der Waals surface area contributed by atoms with Gasteiger partial charge in [-0.1, -0.05) is 0 Å². The van der Waals surface area contributed by atoms with Crippen molar-refractivity contribution in [2.24, 2.45) is 0 Å². The Balaban J connectivity index is 2.67. The van der Waals surface area contributed by atoms with Gasteiger partial charge in [-0.2, -0.15) is 13.2 Å². The monoisotopic (exact) mass is 256 g/mol. The minimum absolute atomic E-state index is 0.206. The van der Waals surface area contributed by atoms with Gasteiger partial charge in [-0.25, -0.2) is 4.79 Å². The standard InChI is InChI=1S/C11H7F3N2O2/c12-11(13,14)8-7(5-16-9(8)10(17)18)6-1-3-15-4-2-6/h1-5,16H,(H,17,18). The van der Waals surface area contributed by atoms with E-state index in [0.717, 1.165) is 6.20 Å². The molecule has 7 heteroatoms. The third-order valence-corrected chi connectivity index (χ3v) is 2.37. The summed E-state index contributed by atoms with van der Waals surface area (Å²) in [5, 5.41) is 8.75. The van der Waals surface area contributed by atoms with Crippen LogP contribution in [0.1, 0.15) is 16.1 Å². The molecule has 0 aliphatic carbocycles. The number of aromatic carboxylic acids is 1. The average molecular weight is 256 g/mol. The maximum atomic E-state index is 12.9. The van der Waals surface area contributed by atoms with Crippen molar-refractivity contribution < 1.29 is 23.1 Å². The number of rotatable bonds is 2. The van der Waals surface area contributed by atoms with Gasteiger partial charge in [0.15, 0.2) is 0 Å². The van der Waals surface area contributed by atoms with E-state index in [1.165, 1.54) is 24.5 Å². The number of alkyl halides is 3. The molecule has 0 radical (unpaired) electrons. The van der Waals surface area contributed by atoms with Crippen molar-refractivity contribution in [3.8, 4) is 11.1 Å². The summed E-state index contributed by atoms with van der Waals surface area (Å²) in [6.45, 7) is 0. The third kappa shape index (κ3) is 2.06. The molecule has 0 amide bonds. The summed E-state index contributed by atoms with van der Waals surface area (Å²) in [6, 6.07) is 2.76. The van der Waals surface area contributed by atoms with E-state index in [1.807, 2.05) is 0 Å². The van der Waals surface area contributed by atoms with E-state index >= 15 is 0 Å². The van der Waals surface area contributed by atoms with Crippen LogP contribution in [0, 0.1) is 0 Å². The molecule has 2 aromatic rings. The Labute approximate surface area is 99.1 Å². The Bertz CT molecular complexity index is 576. The van der Waals surface area contributed by atoms with E-state index in [1.54, 1.807) is 0 Å². The quantitative estimate of drug-likeness (QED) is 0.868. The molecule has 0 bridgehead atoms. The molecule has 0 saturated heterocycles. The number of aromatic amines is 1. The zero-order chi connectivity index (χ0) is 13.3. The van der Waals surface area contributed by atoms with E-state index in [9.17, 15) is 18.0 Å². The molecule has 4 nitrogen and oxygen atoms in total. The third-order valence-electron chi connectivity index (χ3n) is 2.37. The van der Waals surface area contributed by atoms with Gasteiger partial charge in [0.05, 0.1) is 5.56 Å². The molecule has 0 fully saturated rings. The minimum atomic E-state index is -4.74. The largest absolute Gasteiger partial charge is 0.477 e. The first kappa shape index (κ1) is 12.2. The van der Waals surface area contributed by atoms with Crippen molar-refractivity contribution in [1.82, 2.24) is 9.97 Å². The van der Waals surface area contributed by atoms with Crippen LogP contribution in [-0.2, 0) is 6.18 Å². The van der Waals surface area contributed by atoms with Crippen molar-refractivity contribution in [1.29, 1.82) is 0 Å². The Morgan fingerprint density at radius 3 is 2.39 bits per heavy atom. The molecule has 0 aliphatic rings. The summed E-state index contributed by atoms with van der Waals surface area (Å²) in [4.78, 5) is 16.6. The highest BCUT2D eigenvalue weighted by Crippen LogP contribution is 2.39. The molecule has 94 valence electrons. The molecule has 2 aromatic heterocycles. The summed E-state index contributed by atoms with van der Waals surface area (Å²) >= 11 is 0. The lowest BCUT2D eigenvalue weighted by molar-refractivity contribution is -0.137. The maximum absolute atomic E-state index is 12.9. The fourth-order valence-corrected chi connectivity index (χ4v) is 1.65. The fourth-order valence-electron chi connectivity index (χ4n) is 1.65. The second kappa shape index (κ2) is 4.17. The Morgan fingerprint density at radius 1 is 1.28 bits per heavy atom. The number of halogens is 3. The highest BCUT2D eigenvalue weighted by atomic mass is 19.4. The lowest BCUT2D eigenvalue weighted by atomic mass is 10.0. The summed E-state index contributed by atoms with van der Waals surface area (Å²) in [5.74, 6) is -1.65. The van der Waals surface area contributed by atoms with Crippen LogP contribution < -0.4 is 0 Å². The number of carbonyl (C=O) groups is 1. The van der Waals surface area contributed by atoms with Crippen molar-refractivity contribution in [3.63, 3.8) is 0 Å². The predicted octanol–water partition coefficient (Wildman–Crippen LogP) is 2.79. The van der Waals surface area contributed by atoms with Gasteiger partial charge < -0.3 is 10.1 Å². The summed E-state index contributed by atoms with van der Waals surface area (Å²) in [5.41, 5.74) is -2.00. The molecule has 0 aliphatic heterocycles. The molecule has 0 spiro atoms. The number of aromatic nitrogens is 2. The molecule has 0 saturated carbocycles. The number of hydrogen-bond donors (Lipinski definition) is 2. The molecule has 0 unspecified atom stereocenters. The predicted molar refractivity (Wildman–Crippen MR) is 56.0 cm³/mol. The van der Waals surface area contributed by atoms with Gasteiger partial charge in [0, 0.05) is 24.2 Å². The SMILES string of the molecule is O=C(O)c1[nH]cc(-c2ccncc2)c1C(F)(F)F. The highest BCUT2D eigenvalue weighted by molar-refractivity contribution is 5.91. The van der Waals surface area contributed by atoms with E-state index in [-0.39, 0.29) is 11.1 Å². The number of pyridine rings is 1. The Hall–Kier alpha value is -2.31. The van der Waals surface area contributed by atoms with Crippen molar-refractivity contribution in [2.45, 2.75) is 6.18 Å². The van der Waals surface area contributed by atoms with Crippen LogP contribution in [0.5, 0.6) is 0 Å². The van der Waals surface area contributed by atoms with Crippen molar-refractivity contribution >= 4 is 5.97 Å². The number of nitrogens with one attached hydrogen (secondary N) is 1. The van der Waals surface area contributed by atoms with Gasteiger partial charge in [-0.05, 0) is 17.7 Å².